The SMILES string of the molecule is CCCCCCCCCCCC(=O)OC[C@H](COC(=O)CCCCCCCCCCCCC(C)C)OC(=O)CCCCCCCCCC(C)C. The molecular formula is C44H84O6. The molecule has 0 aliphatic carbocycles. The van der Waals surface area contributed by atoms with Gasteiger partial charge in [-0.1, -0.05) is 195 Å². The van der Waals surface area contributed by atoms with E-state index < -0.39 is 6.10 Å². The number of hydrogen-bond acceptors (Lipinski definition) is 6. The van der Waals surface area contributed by atoms with E-state index in [0.29, 0.717) is 19.3 Å². The zero-order valence-corrected chi connectivity index (χ0v) is 34.0. The summed E-state index contributed by atoms with van der Waals surface area (Å²) in [7, 11) is 0. The molecule has 0 aromatic carbocycles. The van der Waals surface area contributed by atoms with E-state index in [1.54, 1.807) is 0 Å². The van der Waals surface area contributed by atoms with Crippen LogP contribution in [0.25, 0.3) is 0 Å². The van der Waals surface area contributed by atoms with Gasteiger partial charge in [0, 0.05) is 19.3 Å². The molecule has 0 radical (unpaired) electrons. The minimum absolute atomic E-state index is 0.0660. The van der Waals surface area contributed by atoms with E-state index in [1.165, 1.54) is 122 Å². The summed E-state index contributed by atoms with van der Waals surface area (Å²) < 4.78 is 16.6. The summed E-state index contributed by atoms with van der Waals surface area (Å²) in [5.74, 6) is 0.731. The van der Waals surface area contributed by atoms with E-state index in [1.807, 2.05) is 0 Å². The molecule has 0 N–H and O–H groups in total. The zero-order valence-electron chi connectivity index (χ0n) is 34.0. The van der Waals surface area contributed by atoms with Gasteiger partial charge in [-0.15, -0.1) is 0 Å². The Morgan fingerprint density at radius 2 is 0.660 bits per heavy atom. The smallest absolute Gasteiger partial charge is 0.306 e. The van der Waals surface area contributed by atoms with Gasteiger partial charge in [-0.05, 0) is 31.1 Å². The molecule has 0 bridgehead atoms. The van der Waals surface area contributed by atoms with Gasteiger partial charge in [0.1, 0.15) is 13.2 Å². The van der Waals surface area contributed by atoms with E-state index >= 15 is 0 Å². The van der Waals surface area contributed by atoms with Gasteiger partial charge in [-0.2, -0.15) is 0 Å². The van der Waals surface area contributed by atoms with Gasteiger partial charge in [-0.25, -0.2) is 0 Å². The Morgan fingerprint density at radius 3 is 0.980 bits per heavy atom. The lowest BCUT2D eigenvalue weighted by atomic mass is 10.0. The van der Waals surface area contributed by atoms with Gasteiger partial charge in [0.25, 0.3) is 0 Å². The normalized spacial score (nSPS) is 12.1. The molecule has 0 amide bonds. The third-order valence-corrected chi connectivity index (χ3v) is 9.72. The van der Waals surface area contributed by atoms with E-state index in [2.05, 4.69) is 34.6 Å². The molecule has 6 heteroatoms. The molecule has 0 fully saturated rings. The minimum Gasteiger partial charge on any atom is -0.462 e. The van der Waals surface area contributed by atoms with Crippen LogP contribution in [-0.2, 0) is 28.6 Å². The molecule has 0 aromatic rings. The van der Waals surface area contributed by atoms with Crippen LogP contribution in [0.15, 0.2) is 0 Å². The molecule has 0 aliphatic heterocycles. The van der Waals surface area contributed by atoms with Gasteiger partial charge in [0.05, 0.1) is 0 Å². The molecule has 0 saturated carbocycles. The number of esters is 3. The van der Waals surface area contributed by atoms with Crippen molar-refractivity contribution in [2.45, 2.75) is 240 Å². The average Bonchev–Trinajstić information content (AvgIpc) is 3.08. The maximum Gasteiger partial charge on any atom is 0.306 e. The molecular weight excluding hydrogens is 624 g/mol. The Morgan fingerprint density at radius 1 is 0.380 bits per heavy atom. The maximum atomic E-state index is 12.6. The van der Waals surface area contributed by atoms with Crippen LogP contribution >= 0.6 is 0 Å². The quantitative estimate of drug-likeness (QED) is 0.0361. The highest BCUT2D eigenvalue weighted by Gasteiger charge is 2.19. The standard InChI is InChI=1S/C44H84O6/c1-6-7-8-9-10-13-19-24-29-34-42(45)48-37-41(50-44(47)36-31-26-21-16-18-23-28-33-40(4)5)38-49-43(46)35-30-25-20-15-12-11-14-17-22-27-32-39(2)3/h39-41H,6-38H2,1-5H3/t41-/m1/s1. The Balaban J connectivity index is 4.32. The molecule has 1 atom stereocenters. The summed E-state index contributed by atoms with van der Waals surface area (Å²) in [6.45, 7) is 11.2. The van der Waals surface area contributed by atoms with Crippen molar-refractivity contribution < 1.29 is 28.6 Å². The Labute approximate surface area is 310 Å². The highest BCUT2D eigenvalue weighted by molar-refractivity contribution is 5.71. The van der Waals surface area contributed by atoms with Gasteiger partial charge in [0.15, 0.2) is 6.10 Å². The number of hydrogen-bond donors (Lipinski definition) is 0. The predicted molar refractivity (Wildman–Crippen MR) is 210 cm³/mol. The highest BCUT2D eigenvalue weighted by atomic mass is 16.6. The van der Waals surface area contributed by atoms with Crippen LogP contribution in [0, 0.1) is 11.8 Å². The highest BCUT2D eigenvalue weighted by Crippen LogP contribution is 2.16. The van der Waals surface area contributed by atoms with Crippen LogP contribution in [-0.4, -0.2) is 37.2 Å². The van der Waals surface area contributed by atoms with Gasteiger partial charge in [-0.3, -0.25) is 14.4 Å². The summed E-state index contributed by atoms with van der Waals surface area (Å²) in [5.41, 5.74) is 0. The number of unbranched alkanes of at least 4 members (excludes halogenated alkanes) is 23. The molecule has 0 aromatic heterocycles. The third-order valence-electron chi connectivity index (χ3n) is 9.72. The van der Waals surface area contributed by atoms with E-state index in [4.69, 9.17) is 14.2 Å². The summed E-state index contributed by atoms with van der Waals surface area (Å²) in [6.07, 6.45) is 33.8. The zero-order chi connectivity index (χ0) is 36.9. The lowest BCUT2D eigenvalue weighted by Gasteiger charge is -2.18. The van der Waals surface area contributed by atoms with E-state index in [0.717, 1.165) is 69.6 Å². The first-order valence-corrected chi connectivity index (χ1v) is 21.7. The van der Waals surface area contributed by atoms with Crippen molar-refractivity contribution in [2.24, 2.45) is 11.8 Å². The summed E-state index contributed by atoms with van der Waals surface area (Å²) >= 11 is 0. The second kappa shape index (κ2) is 37.2. The minimum atomic E-state index is -0.759. The second-order valence-electron chi connectivity index (χ2n) is 15.9. The third kappa shape index (κ3) is 37.7. The molecule has 6 nitrogen and oxygen atoms in total. The average molecular weight is 709 g/mol. The molecule has 50 heavy (non-hydrogen) atoms. The molecule has 0 aliphatic rings. The predicted octanol–water partition coefficient (Wildman–Crippen LogP) is 13.4. The van der Waals surface area contributed by atoms with Gasteiger partial charge < -0.3 is 14.2 Å². The molecule has 0 rings (SSSR count). The lowest BCUT2D eigenvalue weighted by molar-refractivity contribution is -0.167. The van der Waals surface area contributed by atoms with Crippen molar-refractivity contribution in [1.29, 1.82) is 0 Å². The van der Waals surface area contributed by atoms with Crippen molar-refractivity contribution in [2.75, 3.05) is 13.2 Å². The summed E-state index contributed by atoms with van der Waals surface area (Å²) in [6, 6.07) is 0. The molecule has 0 unspecified atom stereocenters. The van der Waals surface area contributed by atoms with E-state index in [9.17, 15) is 14.4 Å². The molecule has 0 spiro atoms. The van der Waals surface area contributed by atoms with Crippen molar-refractivity contribution in [1.82, 2.24) is 0 Å². The fraction of sp³-hybridized carbons (Fsp3) is 0.932. The number of carbonyl (C=O) groups is 3. The Bertz CT molecular complexity index is 764. The Hall–Kier alpha value is -1.59. The second-order valence-corrected chi connectivity index (χ2v) is 15.9. The van der Waals surface area contributed by atoms with Crippen molar-refractivity contribution in [3.8, 4) is 0 Å². The van der Waals surface area contributed by atoms with Crippen LogP contribution < -0.4 is 0 Å². The molecule has 0 heterocycles. The first kappa shape index (κ1) is 48.4. The fourth-order valence-corrected chi connectivity index (χ4v) is 6.40. The molecule has 296 valence electrons. The van der Waals surface area contributed by atoms with Crippen molar-refractivity contribution in [3.63, 3.8) is 0 Å². The van der Waals surface area contributed by atoms with Crippen molar-refractivity contribution >= 4 is 17.9 Å². The van der Waals surface area contributed by atoms with Crippen LogP contribution in [0.3, 0.4) is 0 Å². The molecule has 0 saturated heterocycles. The maximum absolute atomic E-state index is 12.6. The fourth-order valence-electron chi connectivity index (χ4n) is 6.40. The number of rotatable bonds is 38. The summed E-state index contributed by atoms with van der Waals surface area (Å²) in [5, 5.41) is 0. The largest absolute Gasteiger partial charge is 0.462 e. The first-order chi connectivity index (χ1) is 24.2. The van der Waals surface area contributed by atoms with Gasteiger partial charge >= 0.3 is 17.9 Å². The number of carbonyl (C=O) groups excluding carboxylic acids is 3. The van der Waals surface area contributed by atoms with Crippen LogP contribution in [0.1, 0.15) is 234 Å². The van der Waals surface area contributed by atoms with Crippen LogP contribution in [0.4, 0.5) is 0 Å². The lowest BCUT2D eigenvalue weighted by Crippen LogP contribution is -2.30. The number of ether oxygens (including phenoxy) is 3. The first-order valence-electron chi connectivity index (χ1n) is 21.7. The monoisotopic (exact) mass is 709 g/mol. The van der Waals surface area contributed by atoms with E-state index in [-0.39, 0.29) is 31.1 Å². The van der Waals surface area contributed by atoms with Crippen LogP contribution in [0.5, 0.6) is 0 Å². The summed E-state index contributed by atoms with van der Waals surface area (Å²) in [4.78, 5) is 37.5. The Kier molecular flexibility index (Phi) is 36.0. The van der Waals surface area contributed by atoms with Crippen molar-refractivity contribution in [3.05, 3.63) is 0 Å². The van der Waals surface area contributed by atoms with Gasteiger partial charge in [0.2, 0.25) is 0 Å². The topological polar surface area (TPSA) is 78.9 Å². The van der Waals surface area contributed by atoms with Crippen LogP contribution in [0.2, 0.25) is 0 Å².